The average Bonchev–Trinajstić information content (AvgIpc) is 3.20. The Morgan fingerprint density at radius 3 is 2.92 bits per heavy atom. The van der Waals surface area contributed by atoms with Crippen LogP contribution in [-0.2, 0) is 17.8 Å². The summed E-state index contributed by atoms with van der Waals surface area (Å²) in [6.07, 6.45) is 1.43. The van der Waals surface area contributed by atoms with Gasteiger partial charge in [-0.2, -0.15) is 5.10 Å². The summed E-state index contributed by atoms with van der Waals surface area (Å²) >= 11 is 0. The van der Waals surface area contributed by atoms with Crippen molar-refractivity contribution in [1.29, 1.82) is 0 Å². The van der Waals surface area contributed by atoms with Crippen molar-refractivity contribution in [3.05, 3.63) is 46.8 Å². The molecule has 1 saturated heterocycles. The summed E-state index contributed by atoms with van der Waals surface area (Å²) in [4.78, 5) is 27.0. The summed E-state index contributed by atoms with van der Waals surface area (Å²) in [6.45, 7) is 4.12. The van der Waals surface area contributed by atoms with E-state index in [1.165, 1.54) is 0 Å². The van der Waals surface area contributed by atoms with Gasteiger partial charge in [0.15, 0.2) is 5.69 Å². The van der Waals surface area contributed by atoms with Gasteiger partial charge in [0.1, 0.15) is 6.04 Å². The standard InChI is InChI=1S/C18H21N5O2/c1-11-2-4-12(5-3-11)23-9-7-15(18(23)25)20-17(24)16-13-10-19-8-6-14(13)21-22-16/h2-5,15,19H,6-10H2,1H3,(H,20,24)(H,21,22). The number of amides is 2. The first-order chi connectivity index (χ1) is 12.1. The average molecular weight is 339 g/mol. The fourth-order valence-corrected chi connectivity index (χ4v) is 3.43. The van der Waals surface area contributed by atoms with E-state index in [1.807, 2.05) is 31.2 Å². The van der Waals surface area contributed by atoms with Gasteiger partial charge in [0.2, 0.25) is 5.91 Å². The van der Waals surface area contributed by atoms with Crippen LogP contribution in [-0.4, -0.2) is 41.1 Å². The second-order valence-electron chi connectivity index (χ2n) is 6.60. The quantitative estimate of drug-likeness (QED) is 0.775. The number of hydrogen-bond donors (Lipinski definition) is 3. The fourth-order valence-electron chi connectivity index (χ4n) is 3.43. The molecule has 130 valence electrons. The Morgan fingerprint density at radius 2 is 2.12 bits per heavy atom. The molecule has 1 fully saturated rings. The summed E-state index contributed by atoms with van der Waals surface area (Å²) in [5.41, 5.74) is 4.32. The number of nitrogens with one attached hydrogen (secondary N) is 3. The summed E-state index contributed by atoms with van der Waals surface area (Å²) < 4.78 is 0. The minimum Gasteiger partial charge on any atom is -0.339 e. The lowest BCUT2D eigenvalue weighted by atomic mass is 10.1. The largest absolute Gasteiger partial charge is 0.339 e. The van der Waals surface area contributed by atoms with Crippen LogP contribution in [0.2, 0.25) is 0 Å². The van der Waals surface area contributed by atoms with Gasteiger partial charge in [-0.3, -0.25) is 14.7 Å². The van der Waals surface area contributed by atoms with Gasteiger partial charge in [-0.1, -0.05) is 17.7 Å². The van der Waals surface area contributed by atoms with E-state index in [0.29, 0.717) is 25.2 Å². The molecule has 0 radical (unpaired) electrons. The number of carbonyl (C=O) groups excluding carboxylic acids is 2. The Balaban J connectivity index is 1.46. The smallest absolute Gasteiger partial charge is 0.272 e. The molecule has 0 aliphatic carbocycles. The minimum absolute atomic E-state index is 0.0697. The SMILES string of the molecule is Cc1ccc(N2CCC(NC(=O)c3n[nH]c4c3CNCC4)C2=O)cc1. The van der Waals surface area contributed by atoms with E-state index >= 15 is 0 Å². The number of aryl methyl sites for hydroxylation is 1. The third-order valence-electron chi connectivity index (χ3n) is 4.88. The highest BCUT2D eigenvalue weighted by molar-refractivity contribution is 6.03. The highest BCUT2D eigenvalue weighted by Crippen LogP contribution is 2.22. The predicted octanol–water partition coefficient (Wildman–Crippen LogP) is 0.899. The molecule has 3 N–H and O–H groups in total. The number of hydrogen-bond acceptors (Lipinski definition) is 4. The molecule has 3 heterocycles. The van der Waals surface area contributed by atoms with E-state index in [4.69, 9.17) is 0 Å². The molecule has 25 heavy (non-hydrogen) atoms. The molecule has 1 aromatic carbocycles. The van der Waals surface area contributed by atoms with Gasteiger partial charge in [0.25, 0.3) is 5.91 Å². The van der Waals surface area contributed by atoms with Crippen molar-refractivity contribution in [3.63, 3.8) is 0 Å². The number of carbonyl (C=O) groups is 2. The van der Waals surface area contributed by atoms with Crippen LogP contribution in [0.25, 0.3) is 0 Å². The van der Waals surface area contributed by atoms with Gasteiger partial charge >= 0.3 is 0 Å². The molecule has 2 aromatic rings. The van der Waals surface area contributed by atoms with Gasteiger partial charge in [0, 0.05) is 43.0 Å². The molecule has 2 aliphatic rings. The van der Waals surface area contributed by atoms with Crippen LogP contribution >= 0.6 is 0 Å². The fraction of sp³-hybridized carbons (Fsp3) is 0.389. The molecule has 2 aliphatic heterocycles. The molecule has 4 rings (SSSR count). The van der Waals surface area contributed by atoms with E-state index in [1.54, 1.807) is 4.90 Å². The molecular formula is C18H21N5O2. The molecule has 7 nitrogen and oxygen atoms in total. The molecule has 0 saturated carbocycles. The molecule has 1 unspecified atom stereocenters. The Bertz CT molecular complexity index is 811. The normalized spacial score (nSPS) is 19.8. The minimum atomic E-state index is -0.502. The maximum Gasteiger partial charge on any atom is 0.272 e. The van der Waals surface area contributed by atoms with Crippen LogP contribution in [0.4, 0.5) is 5.69 Å². The highest BCUT2D eigenvalue weighted by Gasteiger charge is 2.34. The van der Waals surface area contributed by atoms with Crippen molar-refractivity contribution in [2.75, 3.05) is 18.0 Å². The lowest BCUT2D eigenvalue weighted by Gasteiger charge is -2.17. The molecule has 1 aromatic heterocycles. The number of aromatic nitrogens is 2. The van der Waals surface area contributed by atoms with Gasteiger partial charge in [-0.15, -0.1) is 0 Å². The first-order valence-electron chi connectivity index (χ1n) is 8.59. The van der Waals surface area contributed by atoms with Crippen molar-refractivity contribution >= 4 is 17.5 Å². The number of anilines is 1. The van der Waals surface area contributed by atoms with Crippen molar-refractivity contribution in [2.45, 2.75) is 32.4 Å². The highest BCUT2D eigenvalue weighted by atomic mass is 16.2. The third kappa shape index (κ3) is 2.91. The van der Waals surface area contributed by atoms with Crippen LogP contribution in [0.15, 0.2) is 24.3 Å². The Hall–Kier alpha value is -2.67. The van der Waals surface area contributed by atoms with Crippen LogP contribution in [0, 0.1) is 6.92 Å². The van der Waals surface area contributed by atoms with Gasteiger partial charge in [-0.25, -0.2) is 0 Å². The maximum absolute atomic E-state index is 12.7. The van der Waals surface area contributed by atoms with Crippen LogP contribution in [0.1, 0.15) is 33.7 Å². The lowest BCUT2D eigenvalue weighted by Crippen LogP contribution is -2.42. The molecule has 1 atom stereocenters. The Morgan fingerprint density at radius 1 is 1.32 bits per heavy atom. The number of rotatable bonds is 3. The summed E-state index contributed by atoms with van der Waals surface area (Å²) in [5.74, 6) is -0.356. The van der Waals surface area contributed by atoms with Crippen LogP contribution < -0.4 is 15.5 Å². The maximum atomic E-state index is 12.7. The van der Waals surface area contributed by atoms with Gasteiger partial charge < -0.3 is 15.5 Å². The van der Waals surface area contributed by atoms with Crippen molar-refractivity contribution in [2.24, 2.45) is 0 Å². The first-order valence-corrected chi connectivity index (χ1v) is 8.59. The molecular weight excluding hydrogens is 318 g/mol. The summed E-state index contributed by atoms with van der Waals surface area (Å²) in [5, 5.41) is 13.2. The third-order valence-corrected chi connectivity index (χ3v) is 4.88. The monoisotopic (exact) mass is 339 g/mol. The number of H-pyrrole nitrogens is 1. The van der Waals surface area contributed by atoms with Crippen molar-refractivity contribution < 1.29 is 9.59 Å². The van der Waals surface area contributed by atoms with Crippen LogP contribution in [0.5, 0.6) is 0 Å². The van der Waals surface area contributed by atoms with E-state index in [-0.39, 0.29) is 11.8 Å². The Labute approximate surface area is 145 Å². The van der Waals surface area contributed by atoms with E-state index in [2.05, 4.69) is 20.8 Å². The van der Waals surface area contributed by atoms with Crippen molar-refractivity contribution in [3.8, 4) is 0 Å². The lowest BCUT2D eigenvalue weighted by molar-refractivity contribution is -0.118. The van der Waals surface area contributed by atoms with Gasteiger partial charge in [0.05, 0.1) is 0 Å². The van der Waals surface area contributed by atoms with Crippen molar-refractivity contribution in [1.82, 2.24) is 20.8 Å². The number of benzene rings is 1. The number of fused-ring (bicyclic) bond motifs is 1. The number of aromatic amines is 1. The molecule has 7 heteroatoms. The summed E-state index contributed by atoms with van der Waals surface area (Å²) in [7, 11) is 0. The Kier molecular flexibility index (Phi) is 4.01. The topological polar surface area (TPSA) is 90.1 Å². The van der Waals surface area contributed by atoms with E-state index < -0.39 is 6.04 Å². The van der Waals surface area contributed by atoms with E-state index in [0.717, 1.165) is 35.5 Å². The second kappa shape index (κ2) is 6.33. The van der Waals surface area contributed by atoms with E-state index in [9.17, 15) is 9.59 Å². The zero-order valence-corrected chi connectivity index (χ0v) is 14.1. The summed E-state index contributed by atoms with van der Waals surface area (Å²) in [6, 6.07) is 7.34. The molecule has 0 spiro atoms. The first kappa shape index (κ1) is 15.8. The predicted molar refractivity (Wildman–Crippen MR) is 93.4 cm³/mol. The molecule has 2 amide bonds. The zero-order chi connectivity index (χ0) is 17.4. The molecule has 0 bridgehead atoms. The second-order valence-corrected chi connectivity index (χ2v) is 6.60. The zero-order valence-electron chi connectivity index (χ0n) is 14.1. The van der Waals surface area contributed by atoms with Gasteiger partial charge in [-0.05, 0) is 25.5 Å². The van der Waals surface area contributed by atoms with Crippen LogP contribution in [0.3, 0.4) is 0 Å². The number of nitrogens with zero attached hydrogens (tertiary/aromatic N) is 2.